The Kier molecular flexibility index (Phi) is 6.23. The third-order valence-corrected chi connectivity index (χ3v) is 2.07. The molecule has 0 N–H and O–H groups in total. The Hall–Kier alpha value is -1.33. The number of allylic oxidation sites excluding steroid dienone is 1. The Morgan fingerprint density at radius 1 is 1.50 bits per heavy atom. The van der Waals surface area contributed by atoms with Gasteiger partial charge in [-0.15, -0.1) is 0 Å². The topological polar surface area (TPSA) is 124 Å². The number of amides is 2. The van der Waals surface area contributed by atoms with Gasteiger partial charge in [-0.25, -0.2) is 14.8 Å². The molecule has 98 valence electrons. The summed E-state index contributed by atoms with van der Waals surface area (Å²) in [5.41, 5.74) is 0. The van der Waals surface area contributed by atoms with Crippen LogP contribution in [-0.4, -0.2) is 34.6 Å². The van der Waals surface area contributed by atoms with E-state index in [4.69, 9.17) is 4.42 Å². The number of furan rings is 1. The van der Waals surface area contributed by atoms with Crippen LogP contribution in [0.5, 0.6) is 0 Å². The molecular weight excluding hydrogens is 295 g/mol. The molecule has 20 heavy (non-hydrogen) atoms. The quantitative estimate of drug-likeness (QED) is 0.261. The molecule has 0 spiro atoms. The van der Waals surface area contributed by atoms with Gasteiger partial charge in [-0.3, -0.25) is 10.1 Å². The standard InChI is InChI=1S/C10H8N4O5.K/c15-8-6-13(10(16)12-8)11-5-1-2-7-3-4-9(19-7)14(17)18;/h1-5H,6H2,(H,12,15,16);/q;+1/p-1/b2-1+,11-5+;. The van der Waals surface area contributed by atoms with Crippen molar-refractivity contribution in [2.75, 3.05) is 6.54 Å². The molecule has 0 radical (unpaired) electrons. The monoisotopic (exact) mass is 302 g/mol. The number of rotatable bonds is 4. The van der Waals surface area contributed by atoms with Crippen LogP contribution in [0.1, 0.15) is 5.76 Å². The molecule has 0 fully saturated rings. The smallest absolute Gasteiger partial charge is 0.860 e. The third kappa shape index (κ3) is 4.35. The first-order valence-electron chi connectivity index (χ1n) is 5.07. The van der Waals surface area contributed by atoms with Gasteiger partial charge in [0.15, 0.2) is 0 Å². The molecule has 1 aromatic heterocycles. The van der Waals surface area contributed by atoms with Crippen LogP contribution in [0.2, 0.25) is 0 Å². The second-order valence-electron chi connectivity index (χ2n) is 3.40. The van der Waals surface area contributed by atoms with Gasteiger partial charge in [-0.05, 0) is 24.1 Å². The van der Waals surface area contributed by atoms with Gasteiger partial charge in [0.05, 0.1) is 12.6 Å². The number of nitrogens with zero attached hydrogens (tertiary/aromatic N) is 4. The van der Waals surface area contributed by atoms with E-state index in [1.165, 1.54) is 30.5 Å². The fraction of sp³-hybridized carbons (Fsp3) is 0.100. The molecule has 2 heterocycles. The van der Waals surface area contributed by atoms with Crippen LogP contribution in [0.25, 0.3) is 6.08 Å². The Balaban J connectivity index is 0.00000200. The molecule has 0 atom stereocenters. The SMILES string of the molecule is O=C1N=C([O-])CN1/N=C/C=C/c1ccc([N+](=O)[O-])o1.[K+]. The molecule has 10 heteroatoms. The molecule has 2 rings (SSSR count). The first kappa shape index (κ1) is 16.7. The van der Waals surface area contributed by atoms with Crippen LogP contribution in [0, 0.1) is 10.1 Å². The number of aliphatic imine (C=N–C) groups is 1. The maximum absolute atomic E-state index is 11.0. The zero-order valence-corrected chi connectivity index (χ0v) is 13.5. The molecule has 1 aromatic rings. The molecule has 0 aromatic carbocycles. The van der Waals surface area contributed by atoms with E-state index in [-0.39, 0.29) is 69.6 Å². The summed E-state index contributed by atoms with van der Waals surface area (Å²) in [7, 11) is 0. The van der Waals surface area contributed by atoms with E-state index in [9.17, 15) is 20.0 Å². The Labute approximate surface area is 155 Å². The average molecular weight is 302 g/mol. The molecule has 2 amide bonds. The van der Waals surface area contributed by atoms with Crippen molar-refractivity contribution in [1.82, 2.24) is 5.01 Å². The number of nitro groups is 1. The van der Waals surface area contributed by atoms with Gasteiger partial charge in [-0.2, -0.15) is 5.10 Å². The Bertz CT molecular complexity index is 607. The van der Waals surface area contributed by atoms with E-state index < -0.39 is 16.9 Å². The summed E-state index contributed by atoms with van der Waals surface area (Å²) in [6.07, 6.45) is 4.09. The van der Waals surface area contributed by atoms with Crippen molar-refractivity contribution in [3.63, 3.8) is 0 Å². The second-order valence-corrected chi connectivity index (χ2v) is 3.40. The molecule has 0 saturated heterocycles. The van der Waals surface area contributed by atoms with E-state index in [1.54, 1.807) is 0 Å². The third-order valence-electron chi connectivity index (χ3n) is 2.07. The van der Waals surface area contributed by atoms with Crippen LogP contribution >= 0.6 is 0 Å². The summed E-state index contributed by atoms with van der Waals surface area (Å²) in [6, 6.07) is 1.92. The maximum Gasteiger partial charge on any atom is 1.00 e. The molecule has 1 aliphatic rings. The molecule has 9 nitrogen and oxygen atoms in total. The van der Waals surface area contributed by atoms with E-state index in [1.807, 2.05) is 0 Å². The van der Waals surface area contributed by atoms with Crippen molar-refractivity contribution in [2.24, 2.45) is 10.1 Å². The van der Waals surface area contributed by atoms with E-state index in [2.05, 4.69) is 10.1 Å². The molecule has 0 aliphatic carbocycles. The molecule has 1 aliphatic heterocycles. The van der Waals surface area contributed by atoms with Crippen LogP contribution in [0.15, 0.2) is 32.7 Å². The van der Waals surface area contributed by atoms with Crippen LogP contribution < -0.4 is 56.5 Å². The van der Waals surface area contributed by atoms with Crippen molar-refractivity contribution in [3.8, 4) is 0 Å². The summed E-state index contributed by atoms with van der Waals surface area (Å²) in [6.45, 7) is -0.185. The minimum absolute atomic E-state index is 0. The molecule has 0 unspecified atom stereocenters. The van der Waals surface area contributed by atoms with Gasteiger partial charge < -0.3 is 9.52 Å². The summed E-state index contributed by atoms with van der Waals surface area (Å²) in [4.78, 5) is 23.9. The van der Waals surface area contributed by atoms with Gasteiger partial charge in [0, 0.05) is 6.21 Å². The number of hydrogen-bond donors (Lipinski definition) is 0. The summed E-state index contributed by atoms with van der Waals surface area (Å²) < 4.78 is 4.85. The van der Waals surface area contributed by atoms with Gasteiger partial charge in [0.2, 0.25) is 0 Å². The maximum atomic E-state index is 11.0. The van der Waals surface area contributed by atoms with E-state index in [0.717, 1.165) is 5.01 Å². The Morgan fingerprint density at radius 3 is 2.80 bits per heavy atom. The number of carbonyl (C=O) groups is 1. The van der Waals surface area contributed by atoms with Crippen LogP contribution in [0.3, 0.4) is 0 Å². The van der Waals surface area contributed by atoms with E-state index in [0.29, 0.717) is 0 Å². The van der Waals surface area contributed by atoms with Crippen molar-refractivity contribution in [3.05, 3.63) is 34.1 Å². The summed E-state index contributed by atoms with van der Waals surface area (Å²) in [5, 5.41) is 25.7. The first-order valence-corrected chi connectivity index (χ1v) is 5.07. The summed E-state index contributed by atoms with van der Waals surface area (Å²) >= 11 is 0. The van der Waals surface area contributed by atoms with Crippen LogP contribution in [0.4, 0.5) is 10.7 Å². The Morgan fingerprint density at radius 2 is 2.25 bits per heavy atom. The molecule has 0 bridgehead atoms. The van der Waals surface area contributed by atoms with Gasteiger partial charge in [0.1, 0.15) is 10.7 Å². The fourth-order valence-electron chi connectivity index (χ4n) is 1.27. The number of hydrazone groups is 1. The molecular formula is C10H7KN4O5. The van der Waals surface area contributed by atoms with Crippen molar-refractivity contribution in [1.29, 1.82) is 0 Å². The number of hydrogen-bond acceptors (Lipinski definition) is 6. The minimum atomic E-state index is -0.719. The normalized spacial score (nSPS) is 14.9. The largest absolute Gasteiger partial charge is 1.00 e. The fourth-order valence-corrected chi connectivity index (χ4v) is 1.27. The van der Waals surface area contributed by atoms with Gasteiger partial charge >= 0.3 is 63.3 Å². The van der Waals surface area contributed by atoms with Crippen LogP contribution in [-0.2, 0) is 0 Å². The van der Waals surface area contributed by atoms with E-state index >= 15 is 0 Å². The zero-order chi connectivity index (χ0) is 13.8. The number of carbonyl (C=O) groups excluding carboxylic acids is 1. The zero-order valence-electron chi connectivity index (χ0n) is 10.4. The second kappa shape index (κ2) is 7.45. The first-order chi connectivity index (χ1) is 9.06. The predicted molar refractivity (Wildman–Crippen MR) is 62.4 cm³/mol. The predicted octanol–water partition coefficient (Wildman–Crippen LogP) is -2.61. The molecule has 0 saturated carbocycles. The van der Waals surface area contributed by atoms with Crippen molar-refractivity contribution < 1.29 is 70.6 Å². The minimum Gasteiger partial charge on any atom is -0.860 e. The number of urea groups is 1. The van der Waals surface area contributed by atoms with Gasteiger partial charge in [0.25, 0.3) is 0 Å². The van der Waals surface area contributed by atoms with Gasteiger partial charge in [-0.1, -0.05) is 0 Å². The summed E-state index contributed by atoms with van der Waals surface area (Å²) in [5.74, 6) is -0.643. The van der Waals surface area contributed by atoms with Crippen molar-refractivity contribution in [2.45, 2.75) is 0 Å². The van der Waals surface area contributed by atoms with Crippen molar-refractivity contribution >= 4 is 30.1 Å². The average Bonchev–Trinajstić information content (AvgIpc) is 2.92.